The molecule has 1 atom stereocenters. The highest BCUT2D eigenvalue weighted by Gasteiger charge is 2.31. The molecular weight excluding hydrogens is 376 g/mol. The van der Waals surface area contributed by atoms with E-state index in [1.54, 1.807) is 31.4 Å². The quantitative estimate of drug-likeness (QED) is 0.618. The Hall–Kier alpha value is -2.54. The fourth-order valence-electron chi connectivity index (χ4n) is 3.09. The molecule has 6 nitrogen and oxygen atoms in total. The largest absolute Gasteiger partial charge is 0.497 e. The van der Waals surface area contributed by atoms with Gasteiger partial charge in [-0.25, -0.2) is 8.42 Å². The summed E-state index contributed by atoms with van der Waals surface area (Å²) in [6.07, 6.45) is 3.05. The van der Waals surface area contributed by atoms with Crippen LogP contribution in [0.25, 0.3) is 0 Å². The van der Waals surface area contributed by atoms with Crippen LogP contribution in [-0.4, -0.2) is 40.3 Å². The van der Waals surface area contributed by atoms with Gasteiger partial charge in [-0.15, -0.1) is 0 Å². The number of aryl methyl sites for hydroxylation is 1. The van der Waals surface area contributed by atoms with Gasteiger partial charge in [0.2, 0.25) is 15.9 Å². The predicted molar refractivity (Wildman–Crippen MR) is 112 cm³/mol. The van der Waals surface area contributed by atoms with Crippen LogP contribution in [0.15, 0.2) is 54.6 Å². The van der Waals surface area contributed by atoms with E-state index in [0.29, 0.717) is 18.7 Å². The summed E-state index contributed by atoms with van der Waals surface area (Å²) in [5.74, 6) is 0.515. The van der Waals surface area contributed by atoms with Crippen molar-refractivity contribution in [3.8, 4) is 5.75 Å². The number of amides is 1. The zero-order chi connectivity index (χ0) is 20.6. The maximum atomic E-state index is 12.7. The van der Waals surface area contributed by atoms with E-state index in [1.165, 1.54) is 4.31 Å². The van der Waals surface area contributed by atoms with Gasteiger partial charge in [0, 0.05) is 6.54 Å². The van der Waals surface area contributed by atoms with Gasteiger partial charge >= 0.3 is 0 Å². The number of methoxy groups -OCH3 is 1. The highest BCUT2D eigenvalue weighted by molar-refractivity contribution is 7.92. The van der Waals surface area contributed by atoms with E-state index in [-0.39, 0.29) is 5.91 Å². The number of nitrogens with zero attached hydrogens (tertiary/aromatic N) is 1. The second kappa shape index (κ2) is 10.1. The van der Waals surface area contributed by atoms with Gasteiger partial charge < -0.3 is 10.1 Å². The fourth-order valence-corrected chi connectivity index (χ4v) is 4.30. The Morgan fingerprint density at radius 3 is 2.46 bits per heavy atom. The molecule has 0 aliphatic rings. The van der Waals surface area contributed by atoms with Crippen molar-refractivity contribution in [2.45, 2.75) is 32.2 Å². The Morgan fingerprint density at radius 2 is 1.86 bits per heavy atom. The molecular formula is C21H28N2O4S. The molecule has 0 heterocycles. The van der Waals surface area contributed by atoms with Crippen LogP contribution in [0.1, 0.15) is 25.3 Å². The summed E-state index contributed by atoms with van der Waals surface area (Å²) in [5.41, 5.74) is 1.62. The van der Waals surface area contributed by atoms with Crippen LogP contribution >= 0.6 is 0 Å². The Balaban J connectivity index is 1.99. The molecule has 0 saturated carbocycles. The first-order valence-electron chi connectivity index (χ1n) is 9.32. The van der Waals surface area contributed by atoms with Gasteiger partial charge in [-0.3, -0.25) is 9.10 Å². The van der Waals surface area contributed by atoms with Crippen LogP contribution in [0.3, 0.4) is 0 Å². The third-order valence-corrected chi connectivity index (χ3v) is 5.60. The molecule has 0 aromatic heterocycles. The van der Waals surface area contributed by atoms with Crippen molar-refractivity contribution in [3.63, 3.8) is 0 Å². The normalized spacial score (nSPS) is 12.2. The van der Waals surface area contributed by atoms with Gasteiger partial charge in [-0.1, -0.05) is 37.3 Å². The molecule has 1 N–H and O–H groups in total. The third kappa shape index (κ3) is 5.99. The van der Waals surface area contributed by atoms with E-state index >= 15 is 0 Å². The molecule has 0 aliphatic heterocycles. The van der Waals surface area contributed by atoms with Crippen LogP contribution in [0.4, 0.5) is 5.69 Å². The molecule has 0 radical (unpaired) electrons. The molecule has 1 amide bonds. The molecule has 0 saturated heterocycles. The lowest BCUT2D eigenvalue weighted by atomic mass is 10.1. The maximum absolute atomic E-state index is 12.7. The fraction of sp³-hybridized carbons (Fsp3) is 0.381. The van der Waals surface area contributed by atoms with Gasteiger partial charge in [0.15, 0.2) is 0 Å². The van der Waals surface area contributed by atoms with Crippen LogP contribution in [0.5, 0.6) is 5.75 Å². The zero-order valence-electron chi connectivity index (χ0n) is 16.6. The summed E-state index contributed by atoms with van der Waals surface area (Å²) < 4.78 is 31.1. The van der Waals surface area contributed by atoms with Crippen molar-refractivity contribution >= 4 is 21.6 Å². The van der Waals surface area contributed by atoms with Crippen LogP contribution in [0, 0.1) is 0 Å². The van der Waals surface area contributed by atoms with Gasteiger partial charge in [0.1, 0.15) is 11.8 Å². The molecule has 28 heavy (non-hydrogen) atoms. The van der Waals surface area contributed by atoms with Gasteiger partial charge in [0.05, 0.1) is 19.1 Å². The summed E-state index contributed by atoms with van der Waals surface area (Å²) in [7, 11) is -1.97. The second-order valence-corrected chi connectivity index (χ2v) is 8.42. The van der Waals surface area contributed by atoms with E-state index in [0.717, 1.165) is 30.4 Å². The number of nitrogens with one attached hydrogen (secondary N) is 1. The second-order valence-electron chi connectivity index (χ2n) is 6.56. The van der Waals surface area contributed by atoms with Crippen molar-refractivity contribution in [1.82, 2.24) is 5.32 Å². The lowest BCUT2D eigenvalue weighted by molar-refractivity contribution is -0.122. The average Bonchev–Trinajstić information content (AvgIpc) is 2.69. The molecule has 0 bridgehead atoms. The molecule has 7 heteroatoms. The van der Waals surface area contributed by atoms with Crippen LogP contribution in [0.2, 0.25) is 0 Å². The number of hydrogen-bond acceptors (Lipinski definition) is 4. The lowest BCUT2D eigenvalue weighted by Crippen LogP contribution is -2.49. The molecule has 2 aromatic carbocycles. The first kappa shape index (κ1) is 21.8. The minimum atomic E-state index is -3.60. The third-order valence-electron chi connectivity index (χ3n) is 4.42. The SMILES string of the molecule is CCC(C(=O)NCCCc1cccc(OC)c1)N(c1ccccc1)S(C)(=O)=O. The summed E-state index contributed by atoms with van der Waals surface area (Å²) >= 11 is 0. The van der Waals surface area contributed by atoms with Gasteiger partial charge in [-0.2, -0.15) is 0 Å². The molecule has 0 aliphatic carbocycles. The minimum absolute atomic E-state index is 0.289. The van der Waals surface area contributed by atoms with Gasteiger partial charge in [-0.05, 0) is 49.1 Å². The lowest BCUT2D eigenvalue weighted by Gasteiger charge is -2.30. The van der Waals surface area contributed by atoms with Crippen LogP contribution < -0.4 is 14.4 Å². The Labute approximate surface area is 167 Å². The Kier molecular flexibility index (Phi) is 7.87. The number of para-hydroxylation sites is 1. The number of carbonyl (C=O) groups excluding carboxylic acids is 1. The predicted octanol–water partition coefficient (Wildman–Crippen LogP) is 2.99. The number of ether oxygens (including phenoxy) is 1. The summed E-state index contributed by atoms with van der Waals surface area (Å²) in [5, 5.41) is 2.88. The first-order chi connectivity index (χ1) is 13.4. The number of sulfonamides is 1. The highest BCUT2D eigenvalue weighted by Crippen LogP contribution is 2.22. The summed E-state index contributed by atoms with van der Waals surface area (Å²) in [4.78, 5) is 12.7. The summed E-state index contributed by atoms with van der Waals surface area (Å²) in [6, 6.07) is 15.7. The Morgan fingerprint density at radius 1 is 1.14 bits per heavy atom. The number of carbonyl (C=O) groups is 1. The maximum Gasteiger partial charge on any atom is 0.243 e. The van der Waals surface area contributed by atoms with E-state index in [4.69, 9.17) is 4.74 Å². The number of anilines is 1. The molecule has 1 unspecified atom stereocenters. The number of benzene rings is 2. The average molecular weight is 405 g/mol. The van der Waals surface area contributed by atoms with E-state index < -0.39 is 16.1 Å². The molecule has 0 spiro atoms. The standard InChI is InChI=1S/C21H28N2O4S/c1-4-20(23(28(3,25)26)18-12-6-5-7-13-18)21(24)22-15-9-11-17-10-8-14-19(16-17)27-2/h5-8,10,12-14,16,20H,4,9,11,15H2,1-3H3,(H,22,24). The monoisotopic (exact) mass is 404 g/mol. The summed E-state index contributed by atoms with van der Waals surface area (Å²) in [6.45, 7) is 2.28. The number of rotatable bonds is 10. The van der Waals surface area contributed by atoms with Gasteiger partial charge in [0.25, 0.3) is 0 Å². The van der Waals surface area contributed by atoms with E-state index in [1.807, 2.05) is 37.3 Å². The van der Waals surface area contributed by atoms with E-state index in [2.05, 4.69) is 5.32 Å². The smallest absolute Gasteiger partial charge is 0.243 e. The van der Waals surface area contributed by atoms with E-state index in [9.17, 15) is 13.2 Å². The van der Waals surface area contributed by atoms with Crippen LogP contribution in [-0.2, 0) is 21.2 Å². The first-order valence-corrected chi connectivity index (χ1v) is 11.2. The Bertz CT molecular complexity index is 869. The molecule has 2 aromatic rings. The highest BCUT2D eigenvalue weighted by atomic mass is 32.2. The molecule has 152 valence electrons. The van der Waals surface area contributed by atoms with Crippen molar-refractivity contribution in [2.75, 3.05) is 24.2 Å². The van der Waals surface area contributed by atoms with Crippen molar-refractivity contribution in [1.29, 1.82) is 0 Å². The number of hydrogen-bond donors (Lipinski definition) is 1. The zero-order valence-corrected chi connectivity index (χ0v) is 17.4. The topological polar surface area (TPSA) is 75.7 Å². The minimum Gasteiger partial charge on any atom is -0.497 e. The molecule has 0 fully saturated rings. The molecule has 2 rings (SSSR count). The van der Waals surface area contributed by atoms with Crippen molar-refractivity contribution in [2.24, 2.45) is 0 Å². The van der Waals surface area contributed by atoms with Crippen molar-refractivity contribution < 1.29 is 17.9 Å². The van der Waals surface area contributed by atoms with Crippen molar-refractivity contribution in [3.05, 3.63) is 60.2 Å².